The van der Waals surface area contributed by atoms with E-state index in [0.717, 1.165) is 33.3 Å². The molecule has 0 bridgehead atoms. The maximum atomic E-state index is 12.4. The van der Waals surface area contributed by atoms with Crippen molar-refractivity contribution in [3.8, 4) is 10.6 Å². The van der Waals surface area contributed by atoms with Crippen molar-refractivity contribution in [1.82, 2.24) is 9.71 Å². The Bertz CT molecular complexity index is 1220. The van der Waals surface area contributed by atoms with Gasteiger partial charge in [0.05, 0.1) is 21.7 Å². The number of nitrogens with one attached hydrogen (secondary N) is 1. The van der Waals surface area contributed by atoms with Crippen LogP contribution in [0, 0.1) is 13.8 Å². The van der Waals surface area contributed by atoms with Crippen molar-refractivity contribution in [3.63, 3.8) is 0 Å². The number of halogens is 3. The first-order valence-corrected chi connectivity index (χ1v) is 12.0. The SMILES string of the molecule is CCc1ccc(S(=O)(=O)NC)cc1C(=O)O.Cc1nc(-c2ccc(C(F)(F)F)cc2)sc1C. The van der Waals surface area contributed by atoms with Gasteiger partial charge >= 0.3 is 12.1 Å². The number of rotatable bonds is 5. The lowest BCUT2D eigenvalue weighted by atomic mass is 10.1. The number of thiazole rings is 1. The number of carbonyl (C=O) groups is 1. The summed E-state index contributed by atoms with van der Waals surface area (Å²) in [5, 5.41) is 9.70. The topological polar surface area (TPSA) is 96.4 Å². The van der Waals surface area contributed by atoms with E-state index in [9.17, 15) is 26.4 Å². The third kappa shape index (κ3) is 6.62. The Hall–Kier alpha value is -2.76. The summed E-state index contributed by atoms with van der Waals surface area (Å²) in [6.07, 6.45) is -3.74. The number of carboxylic acid groups (broad SMARTS) is 1. The maximum Gasteiger partial charge on any atom is 0.416 e. The third-order valence-electron chi connectivity index (χ3n) is 4.76. The minimum atomic E-state index is -4.28. The smallest absolute Gasteiger partial charge is 0.416 e. The van der Waals surface area contributed by atoms with Crippen molar-refractivity contribution in [3.05, 3.63) is 69.7 Å². The summed E-state index contributed by atoms with van der Waals surface area (Å²) in [7, 11) is -2.31. The van der Waals surface area contributed by atoms with E-state index < -0.39 is 27.7 Å². The van der Waals surface area contributed by atoms with Crippen molar-refractivity contribution in [2.24, 2.45) is 0 Å². The predicted octanol–water partition coefficient (Wildman–Crippen LogP) is 5.30. The average Bonchev–Trinajstić information content (AvgIpc) is 3.11. The normalized spacial score (nSPS) is 11.6. The fourth-order valence-electron chi connectivity index (χ4n) is 2.75. The van der Waals surface area contributed by atoms with Crippen LogP contribution in [0.4, 0.5) is 13.2 Å². The van der Waals surface area contributed by atoms with E-state index in [0.29, 0.717) is 12.0 Å². The van der Waals surface area contributed by atoms with Crippen molar-refractivity contribution < 1.29 is 31.5 Å². The molecule has 0 spiro atoms. The Morgan fingerprint density at radius 1 is 1.12 bits per heavy atom. The molecule has 0 saturated heterocycles. The van der Waals surface area contributed by atoms with E-state index in [1.807, 2.05) is 20.8 Å². The minimum Gasteiger partial charge on any atom is -0.478 e. The predicted molar refractivity (Wildman–Crippen MR) is 121 cm³/mol. The first-order valence-electron chi connectivity index (χ1n) is 9.71. The van der Waals surface area contributed by atoms with Crippen LogP contribution in [0.15, 0.2) is 47.4 Å². The number of aromatic carboxylic acids is 1. The van der Waals surface area contributed by atoms with E-state index in [1.54, 1.807) is 0 Å². The van der Waals surface area contributed by atoms with Crippen LogP contribution < -0.4 is 4.72 Å². The van der Waals surface area contributed by atoms with Gasteiger partial charge in [0.1, 0.15) is 5.01 Å². The molecule has 2 aromatic carbocycles. The molecular weight excluding hydrogens is 477 g/mol. The highest BCUT2D eigenvalue weighted by Crippen LogP contribution is 2.32. The number of hydrogen-bond acceptors (Lipinski definition) is 5. The number of aromatic nitrogens is 1. The van der Waals surface area contributed by atoms with Gasteiger partial charge in [-0.3, -0.25) is 0 Å². The van der Waals surface area contributed by atoms with Gasteiger partial charge in [0.25, 0.3) is 0 Å². The van der Waals surface area contributed by atoms with E-state index in [2.05, 4.69) is 9.71 Å². The Morgan fingerprint density at radius 2 is 1.73 bits per heavy atom. The van der Waals surface area contributed by atoms with Gasteiger partial charge < -0.3 is 5.11 Å². The molecule has 0 unspecified atom stereocenters. The van der Waals surface area contributed by atoms with Crippen LogP contribution in [0.1, 0.15) is 39.0 Å². The second-order valence-electron chi connectivity index (χ2n) is 6.92. The Balaban J connectivity index is 0.000000234. The molecule has 0 atom stereocenters. The van der Waals surface area contributed by atoms with E-state index in [-0.39, 0.29) is 10.5 Å². The van der Waals surface area contributed by atoms with Gasteiger partial charge in [-0.15, -0.1) is 11.3 Å². The second-order valence-corrected chi connectivity index (χ2v) is 10.0. The van der Waals surface area contributed by atoms with Gasteiger partial charge in [-0.25, -0.2) is 22.9 Å². The highest BCUT2D eigenvalue weighted by Gasteiger charge is 2.30. The fourth-order valence-corrected chi connectivity index (χ4v) is 4.42. The van der Waals surface area contributed by atoms with Crippen LogP contribution in [0.3, 0.4) is 0 Å². The average molecular weight is 501 g/mol. The third-order valence-corrected chi connectivity index (χ3v) is 7.29. The number of carboxylic acids is 1. The summed E-state index contributed by atoms with van der Waals surface area (Å²) >= 11 is 1.49. The Kier molecular flexibility index (Phi) is 8.39. The molecule has 1 heterocycles. The van der Waals surface area contributed by atoms with Crippen molar-refractivity contribution >= 4 is 27.3 Å². The van der Waals surface area contributed by atoms with Gasteiger partial charge in [0, 0.05) is 10.4 Å². The van der Waals surface area contributed by atoms with Crippen LogP contribution in [0.5, 0.6) is 0 Å². The van der Waals surface area contributed by atoms with Gasteiger partial charge in [0.2, 0.25) is 10.0 Å². The molecule has 0 amide bonds. The summed E-state index contributed by atoms with van der Waals surface area (Å²) in [5.74, 6) is -1.12. The zero-order valence-corrected chi connectivity index (χ0v) is 20.0. The monoisotopic (exact) mass is 500 g/mol. The largest absolute Gasteiger partial charge is 0.478 e. The first kappa shape index (κ1) is 26.5. The molecule has 6 nitrogen and oxygen atoms in total. The molecule has 0 aliphatic heterocycles. The highest BCUT2D eigenvalue weighted by molar-refractivity contribution is 7.89. The number of aryl methyl sites for hydroxylation is 3. The number of sulfonamides is 1. The highest BCUT2D eigenvalue weighted by atomic mass is 32.2. The Labute approximate surface area is 194 Å². The number of alkyl halides is 3. The lowest BCUT2D eigenvalue weighted by Gasteiger charge is -2.07. The Morgan fingerprint density at radius 3 is 2.15 bits per heavy atom. The molecule has 11 heteroatoms. The van der Waals surface area contributed by atoms with Crippen LogP contribution >= 0.6 is 11.3 Å². The maximum absolute atomic E-state index is 12.4. The summed E-state index contributed by atoms with van der Waals surface area (Å²) in [4.78, 5) is 16.3. The molecule has 3 rings (SSSR count). The molecule has 1 aromatic heterocycles. The lowest BCUT2D eigenvalue weighted by Crippen LogP contribution is -2.19. The van der Waals surface area contributed by atoms with Crippen LogP contribution in [0.25, 0.3) is 10.6 Å². The lowest BCUT2D eigenvalue weighted by molar-refractivity contribution is -0.137. The van der Waals surface area contributed by atoms with Gasteiger partial charge in [-0.1, -0.05) is 25.1 Å². The molecule has 0 fully saturated rings. The molecule has 2 N–H and O–H groups in total. The zero-order chi connectivity index (χ0) is 25.0. The number of hydrogen-bond donors (Lipinski definition) is 2. The number of nitrogens with zero attached hydrogens (tertiary/aromatic N) is 1. The van der Waals surface area contributed by atoms with Crippen LogP contribution in [-0.4, -0.2) is 31.5 Å². The zero-order valence-electron chi connectivity index (χ0n) is 18.3. The second kappa shape index (κ2) is 10.4. The van der Waals surface area contributed by atoms with E-state index >= 15 is 0 Å². The molecule has 33 heavy (non-hydrogen) atoms. The van der Waals surface area contributed by atoms with Gasteiger partial charge in [0.15, 0.2) is 0 Å². The van der Waals surface area contributed by atoms with Crippen molar-refractivity contribution in [2.75, 3.05) is 7.05 Å². The summed E-state index contributed by atoms with van der Waals surface area (Å²) in [6, 6.07) is 9.18. The quantitative estimate of drug-likeness (QED) is 0.496. The van der Waals surface area contributed by atoms with Crippen LogP contribution in [0.2, 0.25) is 0 Å². The van der Waals surface area contributed by atoms with Crippen molar-refractivity contribution in [2.45, 2.75) is 38.3 Å². The first-order chi connectivity index (χ1) is 15.3. The summed E-state index contributed by atoms with van der Waals surface area (Å²) in [6.45, 7) is 5.65. The standard InChI is InChI=1S/C12H10F3NS.C10H13NO4S/c1-7-8(2)17-11(16-7)9-3-5-10(6-4-9)12(13,14)15;1-3-7-4-5-8(16(14,15)11-2)6-9(7)10(12)13/h3-6H,1-2H3;4-6,11H,3H2,1-2H3,(H,12,13). The molecular formula is C22H23F3N2O4S2. The van der Waals surface area contributed by atoms with E-state index in [4.69, 9.17) is 5.11 Å². The molecule has 0 radical (unpaired) electrons. The van der Waals surface area contributed by atoms with Crippen molar-refractivity contribution in [1.29, 1.82) is 0 Å². The molecule has 0 aliphatic carbocycles. The minimum absolute atomic E-state index is 0.0267. The molecule has 178 valence electrons. The number of benzene rings is 2. The molecule has 3 aromatic rings. The van der Waals surface area contributed by atoms with Gasteiger partial charge in [-0.05, 0) is 57.1 Å². The summed E-state index contributed by atoms with van der Waals surface area (Å²) < 4.78 is 62.2. The molecule has 0 saturated carbocycles. The van der Waals surface area contributed by atoms with E-state index in [1.165, 1.54) is 48.7 Å². The summed E-state index contributed by atoms with van der Waals surface area (Å²) in [5.41, 5.74) is 1.65. The molecule has 0 aliphatic rings. The van der Waals surface area contributed by atoms with Crippen LogP contribution in [-0.2, 0) is 22.6 Å². The fraction of sp³-hybridized carbons (Fsp3) is 0.273. The van der Waals surface area contributed by atoms with Gasteiger partial charge in [-0.2, -0.15) is 13.2 Å².